The highest BCUT2D eigenvalue weighted by atomic mass is 19.4. The van der Waals surface area contributed by atoms with Crippen molar-refractivity contribution in [2.45, 2.75) is 39.9 Å². The number of carbonyl (C=O) groups excluding carboxylic acids is 1. The highest BCUT2D eigenvalue weighted by Crippen LogP contribution is 2.32. The van der Waals surface area contributed by atoms with Crippen molar-refractivity contribution in [3.63, 3.8) is 0 Å². The lowest BCUT2D eigenvalue weighted by molar-refractivity contribution is -0.137. The van der Waals surface area contributed by atoms with E-state index in [9.17, 15) is 18.0 Å². The Hall–Kier alpha value is -3.54. The molecule has 0 fully saturated rings. The lowest BCUT2D eigenvalue weighted by Gasteiger charge is -2.18. The Kier molecular flexibility index (Phi) is 7.01. The molecule has 35 heavy (non-hydrogen) atoms. The van der Waals surface area contributed by atoms with Crippen molar-refractivity contribution in [2.75, 3.05) is 13.1 Å². The number of hydrogen-bond acceptors (Lipinski definition) is 1. The number of aromatic nitrogens is 1. The van der Waals surface area contributed by atoms with Gasteiger partial charge in [0, 0.05) is 36.7 Å². The summed E-state index contributed by atoms with van der Waals surface area (Å²) in [5.41, 5.74) is 4.93. The van der Waals surface area contributed by atoms with Crippen LogP contribution in [0.3, 0.4) is 0 Å². The highest BCUT2D eigenvalue weighted by molar-refractivity contribution is 5.92. The highest BCUT2D eigenvalue weighted by Gasteiger charge is 2.30. The van der Waals surface area contributed by atoms with Gasteiger partial charge in [0.1, 0.15) is 0 Å². The van der Waals surface area contributed by atoms with Crippen molar-refractivity contribution < 1.29 is 18.0 Å². The Labute approximate surface area is 203 Å². The smallest absolute Gasteiger partial charge is 0.343 e. The van der Waals surface area contributed by atoms with Crippen LogP contribution < -0.4 is 0 Å². The van der Waals surface area contributed by atoms with Gasteiger partial charge in [0.25, 0.3) is 0 Å². The molecule has 0 atom stereocenters. The first-order chi connectivity index (χ1) is 16.7. The quantitative estimate of drug-likeness (QED) is 0.278. The van der Waals surface area contributed by atoms with Crippen LogP contribution in [-0.4, -0.2) is 28.5 Å². The first-order valence-electron chi connectivity index (χ1n) is 11.8. The number of carbonyl (C=O) groups is 1. The molecule has 1 heterocycles. The number of halogens is 3. The van der Waals surface area contributed by atoms with Crippen LogP contribution in [0.15, 0.2) is 72.9 Å². The Balaban J connectivity index is 1.78. The molecule has 0 radical (unpaired) electrons. The molecule has 0 bridgehead atoms. The van der Waals surface area contributed by atoms with Crippen LogP contribution in [0.2, 0.25) is 0 Å². The van der Waals surface area contributed by atoms with E-state index in [0.717, 1.165) is 39.2 Å². The number of aryl methyl sites for hydroxylation is 1. The van der Waals surface area contributed by atoms with Gasteiger partial charge >= 0.3 is 6.18 Å². The maximum absolute atomic E-state index is 13.2. The number of amides is 1. The summed E-state index contributed by atoms with van der Waals surface area (Å²) < 4.78 is 41.6. The summed E-state index contributed by atoms with van der Waals surface area (Å²) >= 11 is 0. The summed E-state index contributed by atoms with van der Waals surface area (Å²) in [6.45, 7) is 7.49. The van der Waals surface area contributed by atoms with Gasteiger partial charge in [0.05, 0.1) is 12.0 Å². The molecule has 0 saturated carbocycles. The molecule has 0 saturated heterocycles. The van der Waals surface area contributed by atoms with Crippen molar-refractivity contribution in [2.24, 2.45) is 0 Å². The van der Waals surface area contributed by atoms with E-state index in [4.69, 9.17) is 0 Å². The van der Waals surface area contributed by atoms with Gasteiger partial charge in [-0.25, -0.2) is 0 Å². The number of hydrogen-bond donors (Lipinski definition) is 0. The predicted octanol–water partition coefficient (Wildman–Crippen LogP) is 7.09. The minimum absolute atomic E-state index is 0.0362. The van der Waals surface area contributed by atoms with Crippen LogP contribution >= 0.6 is 0 Å². The summed E-state index contributed by atoms with van der Waals surface area (Å²) in [6, 6.07) is 19.7. The van der Waals surface area contributed by atoms with Crippen molar-refractivity contribution >= 4 is 16.8 Å². The van der Waals surface area contributed by atoms with Gasteiger partial charge < -0.3 is 9.47 Å². The topological polar surface area (TPSA) is 25.2 Å². The number of nitrogens with zero attached hydrogens (tertiary/aromatic N) is 2. The molecule has 0 N–H and O–H groups in total. The molecular weight excluding hydrogens is 449 g/mol. The monoisotopic (exact) mass is 478 g/mol. The molecule has 1 aromatic heterocycles. The van der Waals surface area contributed by atoms with E-state index in [2.05, 4.69) is 18.2 Å². The molecule has 4 aromatic rings. The average molecular weight is 479 g/mol. The molecule has 0 unspecified atom stereocenters. The summed E-state index contributed by atoms with van der Waals surface area (Å²) in [5.74, 6) is 0.0362. The zero-order valence-corrected chi connectivity index (χ0v) is 20.2. The van der Waals surface area contributed by atoms with E-state index in [1.807, 2.05) is 55.8 Å². The lowest BCUT2D eigenvalue weighted by Crippen LogP contribution is -2.31. The minimum Gasteiger partial charge on any atom is -0.343 e. The second-order valence-electron chi connectivity index (χ2n) is 8.82. The summed E-state index contributed by atoms with van der Waals surface area (Å²) in [7, 11) is 0. The fraction of sp³-hybridized carbons (Fsp3) is 0.276. The minimum atomic E-state index is -4.39. The molecule has 6 heteroatoms. The van der Waals surface area contributed by atoms with Crippen molar-refractivity contribution in [3.05, 3.63) is 95.2 Å². The van der Waals surface area contributed by atoms with Crippen LogP contribution in [0.25, 0.3) is 22.0 Å². The van der Waals surface area contributed by atoms with Gasteiger partial charge in [-0.05, 0) is 67.3 Å². The van der Waals surface area contributed by atoms with Gasteiger partial charge in [-0.3, -0.25) is 4.79 Å². The largest absolute Gasteiger partial charge is 0.416 e. The molecule has 182 valence electrons. The van der Waals surface area contributed by atoms with Gasteiger partial charge in [-0.1, -0.05) is 48.0 Å². The van der Waals surface area contributed by atoms with E-state index in [0.29, 0.717) is 18.7 Å². The van der Waals surface area contributed by atoms with Crippen molar-refractivity contribution in [1.29, 1.82) is 0 Å². The van der Waals surface area contributed by atoms with Crippen LogP contribution in [0, 0.1) is 6.92 Å². The van der Waals surface area contributed by atoms with Crippen molar-refractivity contribution in [3.8, 4) is 11.1 Å². The van der Waals surface area contributed by atoms with Crippen LogP contribution in [0.1, 0.15) is 36.1 Å². The number of rotatable bonds is 7. The summed E-state index contributed by atoms with van der Waals surface area (Å²) in [6.07, 6.45) is -2.24. The molecule has 4 rings (SSSR count). The Bertz CT molecular complexity index is 1350. The second kappa shape index (κ2) is 9.98. The molecule has 0 aliphatic carbocycles. The average Bonchev–Trinajstić information content (AvgIpc) is 3.15. The Morgan fingerprint density at radius 3 is 2.31 bits per heavy atom. The zero-order valence-electron chi connectivity index (χ0n) is 20.2. The third-order valence-electron chi connectivity index (χ3n) is 6.38. The summed E-state index contributed by atoms with van der Waals surface area (Å²) in [5, 5.41) is 0.941. The van der Waals surface area contributed by atoms with E-state index in [-0.39, 0.29) is 18.9 Å². The molecule has 0 aliphatic rings. The van der Waals surface area contributed by atoms with Crippen LogP contribution in [0.4, 0.5) is 13.2 Å². The first-order valence-corrected chi connectivity index (χ1v) is 11.8. The Morgan fingerprint density at radius 2 is 1.63 bits per heavy atom. The number of likely N-dealkylation sites (N-methyl/N-ethyl adjacent to an activating group) is 1. The molecular formula is C29H29F3N2O. The normalized spacial score (nSPS) is 11.7. The van der Waals surface area contributed by atoms with E-state index >= 15 is 0 Å². The maximum atomic E-state index is 13.2. The standard InChI is InChI=1S/C29H29F3N2O/c1-4-33(5-2)28(35)17-24-19-34(18-21-9-7-11-25(15-21)29(30,31)32)27-13-12-23(16-26(24)27)22-10-6-8-20(3)14-22/h6-16,19H,4-5,17-18H2,1-3H3. The molecule has 3 nitrogen and oxygen atoms in total. The van der Waals surface area contributed by atoms with Gasteiger partial charge in [-0.15, -0.1) is 0 Å². The Morgan fingerprint density at radius 1 is 0.914 bits per heavy atom. The number of benzene rings is 3. The number of fused-ring (bicyclic) bond motifs is 1. The lowest BCUT2D eigenvalue weighted by atomic mass is 10.0. The van der Waals surface area contributed by atoms with Gasteiger partial charge in [0.2, 0.25) is 5.91 Å². The fourth-order valence-electron chi connectivity index (χ4n) is 4.54. The van der Waals surface area contributed by atoms with Crippen LogP contribution in [0.5, 0.6) is 0 Å². The van der Waals surface area contributed by atoms with E-state index in [1.165, 1.54) is 12.1 Å². The summed E-state index contributed by atoms with van der Waals surface area (Å²) in [4.78, 5) is 14.7. The molecule has 0 spiro atoms. The zero-order chi connectivity index (χ0) is 25.2. The van der Waals surface area contributed by atoms with E-state index in [1.54, 1.807) is 11.0 Å². The molecule has 3 aromatic carbocycles. The molecule has 0 aliphatic heterocycles. The first kappa shape index (κ1) is 24.6. The third kappa shape index (κ3) is 5.42. The molecule has 1 amide bonds. The number of alkyl halides is 3. The van der Waals surface area contributed by atoms with Gasteiger partial charge in [-0.2, -0.15) is 13.2 Å². The van der Waals surface area contributed by atoms with Gasteiger partial charge in [0.15, 0.2) is 0 Å². The van der Waals surface area contributed by atoms with E-state index < -0.39 is 11.7 Å². The predicted molar refractivity (Wildman–Crippen MR) is 134 cm³/mol. The van der Waals surface area contributed by atoms with Crippen molar-refractivity contribution in [1.82, 2.24) is 9.47 Å². The fourth-order valence-corrected chi connectivity index (χ4v) is 4.54. The SMILES string of the molecule is CCN(CC)C(=O)Cc1cn(Cc2cccc(C(F)(F)F)c2)c2ccc(-c3cccc(C)c3)cc12. The second-order valence-corrected chi connectivity index (χ2v) is 8.82. The third-order valence-corrected chi connectivity index (χ3v) is 6.38. The maximum Gasteiger partial charge on any atom is 0.416 e. The van der Waals surface area contributed by atoms with Crippen LogP contribution in [-0.2, 0) is 23.9 Å².